The summed E-state index contributed by atoms with van der Waals surface area (Å²) in [6.45, 7) is 7.69. The van der Waals surface area contributed by atoms with Gasteiger partial charge in [0.1, 0.15) is 0 Å². The van der Waals surface area contributed by atoms with Gasteiger partial charge in [-0.1, -0.05) is 24.3 Å². The summed E-state index contributed by atoms with van der Waals surface area (Å²) in [5, 5.41) is 13.8. The summed E-state index contributed by atoms with van der Waals surface area (Å²) < 4.78 is 0. The van der Waals surface area contributed by atoms with Crippen LogP contribution in [-0.2, 0) is 6.42 Å². The van der Waals surface area contributed by atoms with E-state index in [2.05, 4.69) is 11.4 Å². The van der Waals surface area contributed by atoms with Crippen molar-refractivity contribution in [1.82, 2.24) is 5.32 Å². The Morgan fingerprint density at radius 1 is 1.12 bits per heavy atom. The van der Waals surface area contributed by atoms with Crippen LogP contribution in [-0.4, -0.2) is 16.4 Å². The van der Waals surface area contributed by atoms with Crippen LogP contribution in [0.25, 0.3) is 0 Å². The Hall–Kier alpha value is -2.69. The number of amides is 1. The monoisotopic (exact) mass is 326 g/mol. The number of hydrogen-bond donors (Lipinski definition) is 1. The maximum atomic E-state index is 12.6. The number of non-ortho nitro benzene ring substituents is 1. The van der Waals surface area contributed by atoms with Gasteiger partial charge in [-0.3, -0.25) is 14.9 Å². The van der Waals surface area contributed by atoms with Gasteiger partial charge in [-0.25, -0.2) is 0 Å². The SMILES string of the molecule is Cc1ccccc1CC(C)(C)NC(=O)c1ccc([N+](=O)[O-])cc1C. The predicted molar refractivity (Wildman–Crippen MR) is 94.3 cm³/mol. The van der Waals surface area contributed by atoms with Crippen molar-refractivity contribution in [1.29, 1.82) is 0 Å². The fourth-order valence-corrected chi connectivity index (χ4v) is 2.72. The molecule has 0 unspecified atom stereocenters. The average molecular weight is 326 g/mol. The largest absolute Gasteiger partial charge is 0.347 e. The third kappa shape index (κ3) is 4.19. The Morgan fingerprint density at radius 2 is 1.79 bits per heavy atom. The minimum atomic E-state index is -0.462. The molecule has 126 valence electrons. The van der Waals surface area contributed by atoms with Crippen LogP contribution in [0.2, 0.25) is 0 Å². The molecule has 1 N–H and O–H groups in total. The summed E-state index contributed by atoms with van der Waals surface area (Å²) in [7, 11) is 0. The number of carbonyl (C=O) groups is 1. The van der Waals surface area contributed by atoms with E-state index in [1.54, 1.807) is 6.92 Å². The third-order valence-electron chi connectivity index (χ3n) is 4.01. The molecule has 0 bridgehead atoms. The Labute approximate surface area is 141 Å². The molecule has 0 saturated carbocycles. The first kappa shape index (κ1) is 17.7. The number of benzene rings is 2. The zero-order valence-corrected chi connectivity index (χ0v) is 14.4. The van der Waals surface area contributed by atoms with Gasteiger partial charge < -0.3 is 5.32 Å². The van der Waals surface area contributed by atoms with Gasteiger partial charge in [-0.05, 0) is 56.9 Å². The van der Waals surface area contributed by atoms with Crippen molar-refractivity contribution in [2.45, 2.75) is 39.7 Å². The first-order chi connectivity index (χ1) is 11.2. The molecule has 0 atom stereocenters. The van der Waals surface area contributed by atoms with Crippen LogP contribution in [0.1, 0.15) is 40.9 Å². The van der Waals surface area contributed by atoms with Crippen molar-refractivity contribution < 1.29 is 9.72 Å². The van der Waals surface area contributed by atoms with Gasteiger partial charge in [0, 0.05) is 23.2 Å². The Morgan fingerprint density at radius 3 is 2.38 bits per heavy atom. The van der Waals surface area contributed by atoms with E-state index >= 15 is 0 Å². The minimum Gasteiger partial charge on any atom is -0.347 e. The van der Waals surface area contributed by atoms with Crippen LogP contribution in [0.3, 0.4) is 0 Å². The fraction of sp³-hybridized carbons (Fsp3) is 0.316. The number of aryl methyl sites for hydroxylation is 2. The second-order valence-corrected chi connectivity index (χ2v) is 6.70. The van der Waals surface area contributed by atoms with Gasteiger partial charge in [-0.2, -0.15) is 0 Å². The van der Waals surface area contributed by atoms with E-state index in [1.165, 1.54) is 29.3 Å². The van der Waals surface area contributed by atoms with Crippen molar-refractivity contribution in [2.24, 2.45) is 0 Å². The lowest BCUT2D eigenvalue weighted by atomic mass is 9.92. The van der Waals surface area contributed by atoms with Gasteiger partial charge in [0.15, 0.2) is 0 Å². The molecule has 0 heterocycles. The predicted octanol–water partition coefficient (Wildman–Crippen LogP) is 3.96. The molecule has 0 saturated heterocycles. The van der Waals surface area contributed by atoms with Crippen molar-refractivity contribution in [3.63, 3.8) is 0 Å². The molecule has 0 spiro atoms. The first-order valence-electron chi connectivity index (χ1n) is 7.82. The highest BCUT2D eigenvalue weighted by Gasteiger charge is 2.23. The number of rotatable bonds is 5. The normalized spacial score (nSPS) is 11.2. The highest BCUT2D eigenvalue weighted by molar-refractivity contribution is 5.96. The first-order valence-corrected chi connectivity index (χ1v) is 7.82. The summed E-state index contributed by atoms with van der Waals surface area (Å²) in [5.41, 5.74) is 2.97. The number of carbonyl (C=O) groups excluding carboxylic acids is 1. The van der Waals surface area contributed by atoms with E-state index in [-0.39, 0.29) is 11.6 Å². The molecule has 0 fully saturated rings. The van der Waals surface area contributed by atoms with E-state index < -0.39 is 10.5 Å². The smallest absolute Gasteiger partial charge is 0.269 e. The second kappa shape index (κ2) is 6.83. The van der Waals surface area contributed by atoms with E-state index in [9.17, 15) is 14.9 Å². The number of nitrogens with zero attached hydrogens (tertiary/aromatic N) is 1. The Kier molecular flexibility index (Phi) is 5.02. The standard InChI is InChI=1S/C19H22N2O3/c1-13-7-5-6-8-15(13)12-19(3,4)20-18(22)17-10-9-16(21(23)24)11-14(17)2/h5-11H,12H2,1-4H3,(H,20,22). The van der Waals surface area contributed by atoms with Crippen LogP contribution < -0.4 is 5.32 Å². The number of hydrogen-bond acceptors (Lipinski definition) is 3. The van der Waals surface area contributed by atoms with Gasteiger partial charge in [0.2, 0.25) is 0 Å². The van der Waals surface area contributed by atoms with Gasteiger partial charge in [0.25, 0.3) is 11.6 Å². The highest BCUT2D eigenvalue weighted by Crippen LogP contribution is 2.20. The molecule has 0 aliphatic heterocycles. The molecule has 2 aromatic carbocycles. The van der Waals surface area contributed by atoms with Gasteiger partial charge in [-0.15, -0.1) is 0 Å². The number of nitro benzene ring substituents is 1. The van der Waals surface area contributed by atoms with Crippen LogP contribution >= 0.6 is 0 Å². The Balaban J connectivity index is 2.16. The lowest BCUT2D eigenvalue weighted by molar-refractivity contribution is -0.384. The summed E-state index contributed by atoms with van der Waals surface area (Å²) in [4.78, 5) is 22.9. The van der Waals surface area contributed by atoms with Crippen molar-refractivity contribution in [3.8, 4) is 0 Å². The van der Waals surface area contributed by atoms with Crippen LogP contribution in [0, 0.1) is 24.0 Å². The molecule has 5 nitrogen and oxygen atoms in total. The molecule has 24 heavy (non-hydrogen) atoms. The number of nitro groups is 1. The summed E-state index contributed by atoms with van der Waals surface area (Å²) in [6, 6.07) is 12.4. The van der Waals surface area contributed by atoms with E-state index in [0.29, 0.717) is 17.5 Å². The molecule has 1 amide bonds. The van der Waals surface area contributed by atoms with E-state index in [4.69, 9.17) is 0 Å². The van der Waals surface area contributed by atoms with Crippen LogP contribution in [0.4, 0.5) is 5.69 Å². The number of nitrogens with one attached hydrogen (secondary N) is 1. The minimum absolute atomic E-state index is 0.0109. The van der Waals surface area contributed by atoms with Crippen LogP contribution in [0.15, 0.2) is 42.5 Å². The maximum Gasteiger partial charge on any atom is 0.269 e. The topological polar surface area (TPSA) is 72.2 Å². The molecule has 5 heteroatoms. The average Bonchev–Trinajstić information content (AvgIpc) is 2.48. The third-order valence-corrected chi connectivity index (χ3v) is 4.01. The highest BCUT2D eigenvalue weighted by atomic mass is 16.6. The lowest BCUT2D eigenvalue weighted by Crippen LogP contribution is -2.45. The summed E-state index contributed by atoms with van der Waals surface area (Å²) in [5.74, 6) is -0.221. The summed E-state index contributed by atoms with van der Waals surface area (Å²) in [6.07, 6.45) is 0.706. The maximum absolute atomic E-state index is 12.6. The van der Waals surface area contributed by atoms with Crippen molar-refractivity contribution in [2.75, 3.05) is 0 Å². The van der Waals surface area contributed by atoms with Crippen molar-refractivity contribution >= 4 is 11.6 Å². The molecular weight excluding hydrogens is 304 g/mol. The van der Waals surface area contributed by atoms with Gasteiger partial charge in [0.05, 0.1) is 4.92 Å². The quantitative estimate of drug-likeness (QED) is 0.667. The zero-order chi connectivity index (χ0) is 17.9. The van der Waals surface area contributed by atoms with Gasteiger partial charge >= 0.3 is 0 Å². The second-order valence-electron chi connectivity index (χ2n) is 6.70. The molecule has 0 radical (unpaired) electrons. The molecule has 2 aromatic rings. The van der Waals surface area contributed by atoms with Crippen LogP contribution in [0.5, 0.6) is 0 Å². The molecular formula is C19H22N2O3. The van der Waals surface area contributed by atoms with E-state index in [0.717, 1.165) is 0 Å². The lowest BCUT2D eigenvalue weighted by Gasteiger charge is -2.27. The molecule has 0 aliphatic carbocycles. The molecule has 2 rings (SSSR count). The zero-order valence-electron chi connectivity index (χ0n) is 14.4. The Bertz CT molecular complexity index is 782. The fourth-order valence-electron chi connectivity index (χ4n) is 2.72. The molecule has 0 aliphatic rings. The summed E-state index contributed by atoms with van der Waals surface area (Å²) >= 11 is 0. The van der Waals surface area contributed by atoms with Crippen molar-refractivity contribution in [3.05, 3.63) is 74.8 Å². The molecule has 0 aromatic heterocycles. The van der Waals surface area contributed by atoms with E-state index in [1.807, 2.05) is 39.0 Å².